The van der Waals surface area contributed by atoms with Crippen molar-refractivity contribution in [2.45, 2.75) is 25.7 Å². The number of alkyl halides is 2. The number of aryl methyl sites for hydroxylation is 1. The van der Waals surface area contributed by atoms with Crippen LogP contribution >= 0.6 is 0 Å². The molecular weight excluding hydrogens is 308 g/mol. The van der Waals surface area contributed by atoms with Crippen molar-refractivity contribution >= 4 is 22.6 Å². The van der Waals surface area contributed by atoms with Crippen LogP contribution in [-0.2, 0) is 4.79 Å². The second kappa shape index (κ2) is 5.04. The van der Waals surface area contributed by atoms with Gasteiger partial charge in [-0.15, -0.1) is 0 Å². The van der Waals surface area contributed by atoms with E-state index in [9.17, 15) is 18.4 Å². The molecule has 1 N–H and O–H groups in total. The minimum Gasteiger partial charge on any atom is -0.481 e. The van der Waals surface area contributed by atoms with Gasteiger partial charge in [0, 0.05) is 17.1 Å². The summed E-state index contributed by atoms with van der Waals surface area (Å²) in [5.41, 5.74) is 0.738. The van der Waals surface area contributed by atoms with E-state index in [4.69, 9.17) is 9.52 Å². The minimum atomic E-state index is -2.69. The molecule has 0 radical (unpaired) electrons. The molecule has 1 aliphatic rings. The fourth-order valence-electron chi connectivity index (χ4n) is 2.87. The van der Waals surface area contributed by atoms with Crippen LogP contribution in [0.3, 0.4) is 0 Å². The molecule has 0 spiro atoms. The predicted molar refractivity (Wildman–Crippen MR) is 80.4 cm³/mol. The zero-order chi connectivity index (χ0) is 16.9. The maximum atomic E-state index is 13.0. The number of benzene rings is 1. The lowest BCUT2D eigenvalue weighted by atomic mass is 9.96. The molecule has 1 atom stereocenters. The fourth-order valence-corrected chi connectivity index (χ4v) is 2.87. The summed E-state index contributed by atoms with van der Waals surface area (Å²) in [6, 6.07) is 4.87. The van der Waals surface area contributed by atoms with Crippen LogP contribution in [0.2, 0.25) is 0 Å². The molecule has 1 unspecified atom stereocenters. The second-order valence-electron chi connectivity index (χ2n) is 5.88. The zero-order valence-corrected chi connectivity index (χ0v) is 12.6. The van der Waals surface area contributed by atoms with Crippen LogP contribution in [0.15, 0.2) is 27.4 Å². The first kappa shape index (κ1) is 15.5. The van der Waals surface area contributed by atoms with Crippen LogP contribution in [-0.4, -0.2) is 30.1 Å². The fraction of sp³-hybridized carbons (Fsp3) is 0.375. The van der Waals surface area contributed by atoms with E-state index in [1.807, 2.05) is 0 Å². The Morgan fingerprint density at radius 1 is 1.39 bits per heavy atom. The van der Waals surface area contributed by atoms with E-state index in [2.05, 4.69) is 0 Å². The van der Waals surface area contributed by atoms with E-state index in [1.165, 1.54) is 17.9 Å². The van der Waals surface area contributed by atoms with E-state index < -0.39 is 23.4 Å². The molecule has 2 aromatic rings. The Balaban J connectivity index is 2.07. The van der Waals surface area contributed by atoms with Crippen molar-refractivity contribution in [1.29, 1.82) is 0 Å². The predicted octanol–water partition coefficient (Wildman–Crippen LogP) is 2.74. The molecule has 0 saturated carbocycles. The molecule has 1 saturated heterocycles. The normalized spacial score (nSPS) is 17.8. The number of nitrogens with zero attached hydrogens (tertiary/aromatic N) is 1. The maximum absolute atomic E-state index is 13.0. The van der Waals surface area contributed by atoms with Gasteiger partial charge in [-0.3, -0.25) is 4.79 Å². The van der Waals surface area contributed by atoms with Crippen LogP contribution in [0.1, 0.15) is 24.0 Å². The lowest BCUT2D eigenvalue weighted by molar-refractivity contribution is -0.138. The van der Waals surface area contributed by atoms with Crippen molar-refractivity contribution in [2.24, 2.45) is 0 Å². The van der Waals surface area contributed by atoms with Crippen molar-refractivity contribution in [3.63, 3.8) is 0 Å². The maximum Gasteiger partial charge on any atom is 0.340 e. The number of carbonyl (C=O) groups is 1. The molecule has 1 fully saturated rings. The second-order valence-corrected chi connectivity index (χ2v) is 5.88. The lowest BCUT2D eigenvalue weighted by Crippen LogP contribution is -2.56. The first-order chi connectivity index (χ1) is 10.7. The van der Waals surface area contributed by atoms with Gasteiger partial charge in [-0.05, 0) is 31.5 Å². The molecule has 0 amide bonds. The topological polar surface area (TPSA) is 70.7 Å². The van der Waals surface area contributed by atoms with Crippen LogP contribution in [0.4, 0.5) is 14.5 Å². The Labute approximate surface area is 130 Å². The first-order valence-electron chi connectivity index (χ1n) is 7.12. The highest BCUT2D eigenvalue weighted by Gasteiger charge is 2.44. The van der Waals surface area contributed by atoms with Gasteiger partial charge in [0.2, 0.25) is 0 Å². The highest BCUT2D eigenvalue weighted by atomic mass is 19.3. The van der Waals surface area contributed by atoms with Crippen molar-refractivity contribution in [2.75, 3.05) is 18.0 Å². The number of halogens is 2. The Morgan fingerprint density at radius 2 is 2.04 bits per heavy atom. The molecule has 0 bridgehead atoms. The molecule has 23 heavy (non-hydrogen) atoms. The van der Waals surface area contributed by atoms with E-state index in [0.29, 0.717) is 16.6 Å². The summed E-state index contributed by atoms with van der Waals surface area (Å²) in [6.45, 7) is 2.35. The lowest BCUT2D eigenvalue weighted by Gasteiger charge is -2.40. The molecule has 1 aromatic heterocycles. The number of hydrogen-bond donors (Lipinski definition) is 1. The smallest absolute Gasteiger partial charge is 0.340 e. The van der Waals surface area contributed by atoms with E-state index in [1.54, 1.807) is 19.1 Å². The summed E-state index contributed by atoms with van der Waals surface area (Å²) in [6.07, 6.45) is 0. The van der Waals surface area contributed by atoms with Gasteiger partial charge in [0.25, 0.3) is 5.92 Å². The summed E-state index contributed by atoms with van der Waals surface area (Å²) in [5.74, 6) is -4.78. The number of anilines is 1. The summed E-state index contributed by atoms with van der Waals surface area (Å²) >= 11 is 0. The Kier molecular flexibility index (Phi) is 3.39. The third kappa shape index (κ3) is 2.56. The molecule has 122 valence electrons. The van der Waals surface area contributed by atoms with Gasteiger partial charge in [-0.1, -0.05) is 0 Å². The monoisotopic (exact) mass is 323 g/mol. The Hall–Kier alpha value is -2.44. The molecule has 1 aromatic carbocycles. The molecule has 2 heterocycles. The van der Waals surface area contributed by atoms with Crippen LogP contribution < -0.4 is 10.5 Å². The van der Waals surface area contributed by atoms with Gasteiger partial charge in [0.1, 0.15) is 5.58 Å². The highest BCUT2D eigenvalue weighted by molar-refractivity contribution is 5.86. The van der Waals surface area contributed by atoms with E-state index in [0.717, 1.165) is 0 Å². The molecule has 7 heteroatoms. The van der Waals surface area contributed by atoms with E-state index in [-0.39, 0.29) is 24.2 Å². The Bertz CT molecular complexity index is 851. The van der Waals surface area contributed by atoms with Crippen molar-refractivity contribution in [1.82, 2.24) is 0 Å². The Morgan fingerprint density at radius 3 is 2.61 bits per heavy atom. The van der Waals surface area contributed by atoms with Crippen molar-refractivity contribution in [3.05, 3.63) is 39.7 Å². The van der Waals surface area contributed by atoms with Gasteiger partial charge < -0.3 is 14.4 Å². The van der Waals surface area contributed by atoms with Gasteiger partial charge in [0.15, 0.2) is 0 Å². The van der Waals surface area contributed by atoms with Gasteiger partial charge in [-0.2, -0.15) is 0 Å². The zero-order valence-electron chi connectivity index (χ0n) is 12.6. The number of aliphatic carboxylic acids is 1. The molecule has 1 aliphatic heterocycles. The van der Waals surface area contributed by atoms with Crippen LogP contribution in [0, 0.1) is 6.92 Å². The molecule has 5 nitrogen and oxygen atoms in total. The number of carboxylic acids is 1. The van der Waals surface area contributed by atoms with Gasteiger partial charge in [0.05, 0.1) is 24.6 Å². The highest BCUT2D eigenvalue weighted by Crippen LogP contribution is 2.34. The third-order valence-corrected chi connectivity index (χ3v) is 4.21. The van der Waals surface area contributed by atoms with Crippen LogP contribution in [0.25, 0.3) is 11.0 Å². The molecule has 0 aliphatic carbocycles. The summed E-state index contributed by atoms with van der Waals surface area (Å²) in [4.78, 5) is 24.7. The number of fused-ring (bicyclic) bond motifs is 1. The first-order valence-corrected chi connectivity index (χ1v) is 7.12. The summed E-state index contributed by atoms with van der Waals surface area (Å²) < 4.78 is 31.1. The van der Waals surface area contributed by atoms with Crippen molar-refractivity contribution in [3.8, 4) is 0 Å². The van der Waals surface area contributed by atoms with Crippen molar-refractivity contribution < 1.29 is 23.1 Å². The van der Waals surface area contributed by atoms with Gasteiger partial charge >= 0.3 is 11.6 Å². The SMILES string of the molecule is Cc1c(C(C)C(=O)O)c(=O)oc2cc(N3CC(F)(F)C3)ccc12. The quantitative estimate of drug-likeness (QED) is 0.880. The minimum absolute atomic E-state index is 0.105. The standard InChI is InChI=1S/C16H15F2NO4/c1-8-11-4-3-10(19-6-16(17,18)7-19)5-12(11)23-15(22)13(8)9(2)14(20)21/h3-5,9H,6-7H2,1-2H3,(H,20,21). The summed E-state index contributed by atoms with van der Waals surface area (Å²) in [7, 11) is 0. The number of rotatable bonds is 3. The molecular formula is C16H15F2NO4. The largest absolute Gasteiger partial charge is 0.481 e. The average Bonchev–Trinajstić information content (AvgIpc) is 2.43. The number of carboxylic acid groups (broad SMARTS) is 1. The van der Waals surface area contributed by atoms with E-state index >= 15 is 0 Å². The molecule has 3 rings (SSSR count). The third-order valence-electron chi connectivity index (χ3n) is 4.21. The average molecular weight is 323 g/mol. The number of hydrogen-bond acceptors (Lipinski definition) is 4. The van der Waals surface area contributed by atoms with Crippen LogP contribution in [0.5, 0.6) is 0 Å². The van der Waals surface area contributed by atoms with Gasteiger partial charge in [-0.25, -0.2) is 13.6 Å². The summed E-state index contributed by atoms with van der Waals surface area (Å²) in [5, 5.41) is 9.70.